The Bertz CT molecular complexity index is 1140. The molecule has 5 N–H and O–H groups in total. The average molecular weight is 431 g/mol. The fourth-order valence-electron chi connectivity index (χ4n) is 3.63. The molecule has 0 saturated carbocycles. The maximum atomic E-state index is 12.1. The van der Waals surface area contributed by atoms with E-state index >= 15 is 0 Å². The van der Waals surface area contributed by atoms with E-state index in [4.69, 9.17) is 16.4 Å². The van der Waals surface area contributed by atoms with E-state index < -0.39 is 5.91 Å². The Kier molecular flexibility index (Phi) is 5.98. The van der Waals surface area contributed by atoms with Gasteiger partial charge in [0.2, 0.25) is 11.8 Å². The van der Waals surface area contributed by atoms with Crippen molar-refractivity contribution in [3.8, 4) is 17.5 Å². The van der Waals surface area contributed by atoms with E-state index in [1.807, 2.05) is 4.90 Å². The number of hydrogen-bond donors (Lipinski definition) is 4. The molecular weight excluding hydrogens is 410 g/mol. The summed E-state index contributed by atoms with van der Waals surface area (Å²) in [6, 6.07) is 9.40. The minimum Gasteiger partial charge on any atom is -0.365 e. The van der Waals surface area contributed by atoms with Crippen molar-refractivity contribution in [2.24, 2.45) is 11.7 Å². The van der Waals surface area contributed by atoms with Gasteiger partial charge in [0.1, 0.15) is 17.1 Å². The number of aromatic nitrogens is 6. The first-order valence-corrected chi connectivity index (χ1v) is 10.0. The Balaban J connectivity index is 1.63. The van der Waals surface area contributed by atoms with Crippen LogP contribution in [0, 0.1) is 22.7 Å². The summed E-state index contributed by atoms with van der Waals surface area (Å²) in [5, 5.41) is 33.6. The number of H-pyrrole nitrogens is 1. The van der Waals surface area contributed by atoms with Crippen LogP contribution >= 0.6 is 0 Å². The number of piperidine rings is 1. The third-order valence-corrected chi connectivity index (χ3v) is 5.34. The van der Waals surface area contributed by atoms with Gasteiger partial charge in [-0.25, -0.2) is 4.98 Å². The molecule has 0 bridgehead atoms. The van der Waals surface area contributed by atoms with E-state index in [2.05, 4.69) is 42.0 Å². The first-order chi connectivity index (χ1) is 15.6. The lowest BCUT2D eigenvalue weighted by atomic mass is 9.94. The number of primary amides is 1. The number of benzene rings is 1. The van der Waals surface area contributed by atoms with E-state index in [-0.39, 0.29) is 17.1 Å². The van der Waals surface area contributed by atoms with Crippen molar-refractivity contribution >= 4 is 29.6 Å². The van der Waals surface area contributed by atoms with Crippen LogP contribution in [0.5, 0.6) is 0 Å². The molecule has 0 radical (unpaired) electrons. The number of hydrogen-bond acceptors (Lipinski definition) is 10. The van der Waals surface area contributed by atoms with Gasteiger partial charge in [-0.3, -0.25) is 4.79 Å². The van der Waals surface area contributed by atoms with Crippen LogP contribution in [0.4, 0.5) is 17.5 Å². The lowest BCUT2D eigenvalue weighted by Gasteiger charge is -2.31. The van der Waals surface area contributed by atoms with Crippen molar-refractivity contribution < 1.29 is 4.79 Å². The molecule has 12 heteroatoms. The molecule has 0 aliphatic carbocycles. The van der Waals surface area contributed by atoms with Gasteiger partial charge in [0.15, 0.2) is 0 Å². The number of aromatic amines is 1. The molecule has 1 saturated heterocycles. The van der Waals surface area contributed by atoms with Gasteiger partial charge in [-0.15, -0.1) is 10.2 Å². The molecule has 1 aliphatic heterocycles. The highest BCUT2D eigenvalue weighted by atomic mass is 16.1. The third-order valence-electron chi connectivity index (χ3n) is 5.34. The zero-order valence-electron chi connectivity index (χ0n) is 17.1. The minimum absolute atomic E-state index is 0.0466. The van der Waals surface area contributed by atoms with Gasteiger partial charge in [-0.2, -0.15) is 15.5 Å². The second-order valence-electron chi connectivity index (χ2n) is 7.37. The normalized spacial score (nSPS) is 14.0. The van der Waals surface area contributed by atoms with Crippen molar-refractivity contribution in [3.05, 3.63) is 35.5 Å². The number of nitrogens with two attached hydrogens (primary N) is 1. The summed E-state index contributed by atoms with van der Waals surface area (Å²) in [5.74, 6) is 0.735. The SMILES string of the molecule is N#CCC1CCN(c2nc(C=N)c(C(N)=O)c(Nc3ccc(-c4nn[nH]n4)cc3)n2)CC1. The van der Waals surface area contributed by atoms with Gasteiger partial charge in [-0.1, -0.05) is 0 Å². The van der Waals surface area contributed by atoms with Gasteiger partial charge in [0.05, 0.1) is 6.07 Å². The van der Waals surface area contributed by atoms with Gasteiger partial charge in [0, 0.05) is 37.0 Å². The molecule has 3 aromatic rings. The average Bonchev–Trinajstić information content (AvgIpc) is 3.34. The maximum Gasteiger partial charge on any atom is 0.254 e. The summed E-state index contributed by atoms with van der Waals surface area (Å²) in [5.41, 5.74) is 7.20. The van der Waals surface area contributed by atoms with E-state index in [1.54, 1.807) is 24.3 Å². The Morgan fingerprint density at radius 3 is 2.66 bits per heavy atom. The molecule has 32 heavy (non-hydrogen) atoms. The number of amides is 1. The van der Waals surface area contributed by atoms with Crippen molar-refractivity contribution in [1.29, 1.82) is 10.7 Å². The largest absolute Gasteiger partial charge is 0.365 e. The van der Waals surface area contributed by atoms with Crippen LogP contribution in [0.3, 0.4) is 0 Å². The molecule has 3 heterocycles. The van der Waals surface area contributed by atoms with E-state index in [1.165, 1.54) is 0 Å². The van der Waals surface area contributed by atoms with Gasteiger partial charge in [-0.05, 0) is 48.2 Å². The summed E-state index contributed by atoms with van der Waals surface area (Å²) >= 11 is 0. The fraction of sp³-hybridized carbons (Fsp3) is 0.300. The summed E-state index contributed by atoms with van der Waals surface area (Å²) in [7, 11) is 0. The number of anilines is 3. The summed E-state index contributed by atoms with van der Waals surface area (Å²) in [6.45, 7) is 1.39. The molecule has 1 aromatic carbocycles. The summed E-state index contributed by atoms with van der Waals surface area (Å²) in [4.78, 5) is 23.1. The molecule has 0 spiro atoms. The lowest BCUT2D eigenvalue weighted by molar-refractivity contribution is 0.100. The number of rotatable bonds is 7. The van der Waals surface area contributed by atoms with Crippen molar-refractivity contribution in [2.45, 2.75) is 19.3 Å². The highest BCUT2D eigenvalue weighted by molar-refractivity contribution is 6.04. The van der Waals surface area contributed by atoms with Crippen LogP contribution in [0.1, 0.15) is 35.3 Å². The molecule has 1 aliphatic rings. The van der Waals surface area contributed by atoms with Crippen LogP contribution in [-0.2, 0) is 0 Å². The molecule has 4 rings (SSSR count). The van der Waals surface area contributed by atoms with E-state index in [9.17, 15) is 4.79 Å². The molecular formula is C20H21N11O. The van der Waals surface area contributed by atoms with Crippen molar-refractivity contribution in [2.75, 3.05) is 23.3 Å². The third kappa shape index (κ3) is 4.36. The van der Waals surface area contributed by atoms with Crippen LogP contribution in [0.15, 0.2) is 24.3 Å². The first-order valence-electron chi connectivity index (χ1n) is 10.0. The molecule has 0 atom stereocenters. The molecule has 1 fully saturated rings. The summed E-state index contributed by atoms with van der Waals surface area (Å²) in [6.07, 6.45) is 3.25. The Hall–Kier alpha value is -4.40. The molecule has 12 nitrogen and oxygen atoms in total. The van der Waals surface area contributed by atoms with Crippen LogP contribution < -0.4 is 16.0 Å². The highest BCUT2D eigenvalue weighted by Crippen LogP contribution is 2.28. The fourth-order valence-corrected chi connectivity index (χ4v) is 3.63. The highest BCUT2D eigenvalue weighted by Gasteiger charge is 2.24. The number of nitriles is 1. The second kappa shape index (κ2) is 9.17. The topological polar surface area (TPSA) is 186 Å². The van der Waals surface area contributed by atoms with Crippen LogP contribution in [0.2, 0.25) is 0 Å². The number of tetrazole rings is 1. The summed E-state index contributed by atoms with van der Waals surface area (Å²) < 4.78 is 0. The quantitative estimate of drug-likeness (QED) is 0.403. The van der Waals surface area contributed by atoms with Crippen LogP contribution in [-0.4, -0.2) is 55.8 Å². The number of carbonyl (C=O) groups excluding carboxylic acids is 1. The standard InChI is InChI=1S/C20H21N11O/c21-8-5-12-6-9-31(10-7-12)20-25-15(11-22)16(17(23)32)19(26-20)24-14-3-1-13(2-4-14)18-27-29-30-28-18/h1-4,11-12,22H,5-7,9-10H2,(H2,23,32)(H,24,25,26)(H,27,28,29,30). The number of carbonyl (C=O) groups is 1. The predicted molar refractivity (Wildman–Crippen MR) is 116 cm³/mol. The smallest absolute Gasteiger partial charge is 0.254 e. The minimum atomic E-state index is -0.728. The Morgan fingerprint density at radius 2 is 2.06 bits per heavy atom. The zero-order valence-corrected chi connectivity index (χ0v) is 17.1. The predicted octanol–water partition coefficient (Wildman–Crippen LogP) is 1.63. The molecule has 2 aromatic heterocycles. The second-order valence-corrected chi connectivity index (χ2v) is 7.37. The van der Waals surface area contributed by atoms with Gasteiger partial charge in [0.25, 0.3) is 5.91 Å². The molecule has 0 unspecified atom stereocenters. The van der Waals surface area contributed by atoms with Crippen LogP contribution in [0.25, 0.3) is 11.4 Å². The van der Waals surface area contributed by atoms with Gasteiger partial charge < -0.3 is 21.4 Å². The Morgan fingerprint density at radius 1 is 1.31 bits per heavy atom. The monoisotopic (exact) mass is 431 g/mol. The molecule has 1 amide bonds. The maximum absolute atomic E-state index is 12.1. The lowest BCUT2D eigenvalue weighted by Crippen LogP contribution is -2.35. The van der Waals surface area contributed by atoms with E-state index in [0.717, 1.165) is 24.6 Å². The molecule has 162 valence electrons. The van der Waals surface area contributed by atoms with Gasteiger partial charge >= 0.3 is 0 Å². The Labute approximate surface area is 183 Å². The number of nitrogens with one attached hydrogen (secondary N) is 3. The number of nitrogens with zero attached hydrogens (tertiary/aromatic N) is 7. The first kappa shape index (κ1) is 20.9. The van der Waals surface area contributed by atoms with Crippen molar-refractivity contribution in [1.82, 2.24) is 30.6 Å². The van der Waals surface area contributed by atoms with Crippen molar-refractivity contribution in [3.63, 3.8) is 0 Å². The zero-order chi connectivity index (χ0) is 22.5. The van der Waals surface area contributed by atoms with E-state index in [0.29, 0.717) is 42.9 Å².